The second-order valence-corrected chi connectivity index (χ2v) is 6.59. The zero-order chi connectivity index (χ0) is 20.1. The maximum absolute atomic E-state index is 12.8. The predicted octanol–water partition coefficient (Wildman–Crippen LogP) is 1.56. The van der Waals surface area contributed by atoms with E-state index in [4.69, 9.17) is 14.0 Å². The topological polar surface area (TPSA) is 107 Å². The smallest absolute Gasteiger partial charge is 0.257 e. The third kappa shape index (κ3) is 4.41. The number of nitrogens with one attached hydrogen (secondary N) is 1. The number of ether oxygens (including phenoxy) is 2. The lowest BCUT2D eigenvalue weighted by atomic mass is 9.95. The molecule has 0 radical (unpaired) electrons. The molecular formula is C19H24N4O5. The number of nitrogens with zero attached hydrogens (tertiary/aromatic N) is 3. The lowest BCUT2D eigenvalue weighted by molar-refractivity contribution is -0.126. The van der Waals surface area contributed by atoms with Gasteiger partial charge in [0.15, 0.2) is 5.82 Å². The van der Waals surface area contributed by atoms with E-state index in [0.29, 0.717) is 54.7 Å². The molecule has 2 amide bonds. The quantitative estimate of drug-likeness (QED) is 0.800. The molecule has 1 saturated heterocycles. The minimum Gasteiger partial charge on any atom is -0.497 e. The average molecular weight is 388 g/mol. The van der Waals surface area contributed by atoms with Crippen LogP contribution in [-0.4, -0.2) is 54.2 Å². The molecule has 0 spiro atoms. The van der Waals surface area contributed by atoms with Crippen LogP contribution in [0, 0.1) is 12.8 Å². The molecule has 1 aromatic heterocycles. The van der Waals surface area contributed by atoms with Gasteiger partial charge >= 0.3 is 0 Å². The number of aryl methyl sites for hydroxylation is 1. The van der Waals surface area contributed by atoms with Crippen molar-refractivity contribution in [1.82, 2.24) is 20.4 Å². The molecule has 150 valence electrons. The van der Waals surface area contributed by atoms with Crippen molar-refractivity contribution < 1.29 is 23.6 Å². The molecular weight excluding hydrogens is 364 g/mol. The van der Waals surface area contributed by atoms with Crippen molar-refractivity contribution in [2.75, 3.05) is 27.3 Å². The Balaban J connectivity index is 1.54. The second-order valence-electron chi connectivity index (χ2n) is 6.59. The molecule has 1 aliphatic heterocycles. The molecule has 0 saturated carbocycles. The third-order valence-electron chi connectivity index (χ3n) is 4.78. The highest BCUT2D eigenvalue weighted by molar-refractivity contribution is 5.97. The molecule has 9 heteroatoms. The Morgan fingerprint density at radius 3 is 2.61 bits per heavy atom. The SMILES string of the molecule is COc1ccc(C(=O)N2CCC(C(=O)NCc3nc(C)no3)CC2)c(OC)c1. The Morgan fingerprint density at radius 2 is 2.00 bits per heavy atom. The molecule has 0 aliphatic carbocycles. The standard InChI is InChI=1S/C19H24N4O5/c1-12-21-17(28-22-12)11-20-18(24)13-6-8-23(9-7-13)19(25)15-5-4-14(26-2)10-16(15)27-3/h4-5,10,13H,6-9,11H2,1-3H3,(H,20,24). The predicted molar refractivity (Wildman–Crippen MR) is 99.1 cm³/mol. The van der Waals surface area contributed by atoms with Gasteiger partial charge in [-0.2, -0.15) is 4.98 Å². The van der Waals surface area contributed by atoms with Gasteiger partial charge in [-0.1, -0.05) is 5.16 Å². The molecule has 2 aromatic rings. The molecule has 0 atom stereocenters. The molecule has 1 aliphatic rings. The van der Waals surface area contributed by atoms with E-state index in [2.05, 4.69) is 15.5 Å². The van der Waals surface area contributed by atoms with Crippen molar-refractivity contribution in [2.45, 2.75) is 26.3 Å². The van der Waals surface area contributed by atoms with Crippen LogP contribution in [0.2, 0.25) is 0 Å². The normalized spacial score (nSPS) is 14.6. The minimum absolute atomic E-state index is 0.0648. The molecule has 0 unspecified atom stereocenters. The van der Waals surface area contributed by atoms with Crippen LogP contribution in [0.15, 0.2) is 22.7 Å². The number of aromatic nitrogens is 2. The summed E-state index contributed by atoms with van der Waals surface area (Å²) < 4.78 is 15.5. The highest BCUT2D eigenvalue weighted by Gasteiger charge is 2.29. The number of carbonyl (C=O) groups excluding carboxylic acids is 2. The zero-order valence-corrected chi connectivity index (χ0v) is 16.2. The van der Waals surface area contributed by atoms with E-state index in [1.807, 2.05) is 0 Å². The Morgan fingerprint density at radius 1 is 1.25 bits per heavy atom. The van der Waals surface area contributed by atoms with Gasteiger partial charge in [-0.05, 0) is 31.9 Å². The van der Waals surface area contributed by atoms with Crippen LogP contribution in [0.1, 0.15) is 34.9 Å². The number of amides is 2. The van der Waals surface area contributed by atoms with E-state index in [0.717, 1.165) is 0 Å². The number of piperidine rings is 1. The van der Waals surface area contributed by atoms with E-state index >= 15 is 0 Å². The molecule has 9 nitrogen and oxygen atoms in total. The van der Waals surface area contributed by atoms with Crippen molar-refractivity contribution in [2.24, 2.45) is 5.92 Å². The van der Waals surface area contributed by atoms with Crippen LogP contribution in [0.4, 0.5) is 0 Å². The van der Waals surface area contributed by atoms with Crippen LogP contribution in [0.5, 0.6) is 11.5 Å². The summed E-state index contributed by atoms with van der Waals surface area (Å²) in [5.41, 5.74) is 0.484. The van der Waals surface area contributed by atoms with E-state index in [-0.39, 0.29) is 24.3 Å². The summed E-state index contributed by atoms with van der Waals surface area (Å²) in [6.45, 7) is 2.94. The van der Waals surface area contributed by atoms with Gasteiger partial charge in [0, 0.05) is 25.1 Å². The number of rotatable bonds is 6. The van der Waals surface area contributed by atoms with Gasteiger partial charge in [0.05, 0.1) is 26.3 Å². The van der Waals surface area contributed by atoms with Gasteiger partial charge in [-0.3, -0.25) is 9.59 Å². The molecule has 1 fully saturated rings. The molecule has 3 rings (SSSR count). The third-order valence-corrected chi connectivity index (χ3v) is 4.78. The molecule has 2 heterocycles. The fourth-order valence-electron chi connectivity index (χ4n) is 3.21. The Hall–Kier alpha value is -3.10. The maximum Gasteiger partial charge on any atom is 0.257 e. The Labute approximate surface area is 163 Å². The Kier molecular flexibility index (Phi) is 6.13. The monoisotopic (exact) mass is 388 g/mol. The summed E-state index contributed by atoms with van der Waals surface area (Å²) in [6, 6.07) is 5.12. The summed E-state index contributed by atoms with van der Waals surface area (Å²) in [5, 5.41) is 6.51. The number of benzene rings is 1. The lowest BCUT2D eigenvalue weighted by Crippen LogP contribution is -2.43. The first kappa shape index (κ1) is 19.7. The van der Waals surface area contributed by atoms with Crippen molar-refractivity contribution in [3.05, 3.63) is 35.5 Å². The van der Waals surface area contributed by atoms with Crippen LogP contribution in [0.25, 0.3) is 0 Å². The highest BCUT2D eigenvalue weighted by Crippen LogP contribution is 2.27. The summed E-state index contributed by atoms with van der Waals surface area (Å²) in [4.78, 5) is 31.0. The van der Waals surface area contributed by atoms with E-state index in [9.17, 15) is 9.59 Å². The fourth-order valence-corrected chi connectivity index (χ4v) is 3.21. The van der Waals surface area contributed by atoms with E-state index in [1.165, 1.54) is 7.11 Å². The number of likely N-dealkylation sites (tertiary alicyclic amines) is 1. The van der Waals surface area contributed by atoms with Gasteiger partial charge in [0.1, 0.15) is 11.5 Å². The van der Waals surface area contributed by atoms with Crippen LogP contribution >= 0.6 is 0 Å². The van der Waals surface area contributed by atoms with Crippen LogP contribution in [-0.2, 0) is 11.3 Å². The Bertz CT molecular complexity index is 843. The summed E-state index contributed by atoms with van der Waals surface area (Å²) in [6.07, 6.45) is 1.19. The lowest BCUT2D eigenvalue weighted by Gasteiger charge is -2.31. The number of hydrogen-bond acceptors (Lipinski definition) is 7. The van der Waals surface area contributed by atoms with E-state index in [1.54, 1.807) is 37.1 Å². The van der Waals surface area contributed by atoms with Crippen LogP contribution < -0.4 is 14.8 Å². The molecule has 1 N–H and O–H groups in total. The first-order chi connectivity index (χ1) is 13.5. The summed E-state index contributed by atoms with van der Waals surface area (Å²) in [7, 11) is 3.08. The maximum atomic E-state index is 12.8. The molecule has 28 heavy (non-hydrogen) atoms. The average Bonchev–Trinajstić information content (AvgIpc) is 3.16. The van der Waals surface area contributed by atoms with Gasteiger partial charge in [0.25, 0.3) is 5.91 Å². The summed E-state index contributed by atoms with van der Waals surface area (Å²) in [5.74, 6) is 1.69. The molecule has 1 aromatic carbocycles. The first-order valence-electron chi connectivity index (χ1n) is 9.10. The van der Waals surface area contributed by atoms with E-state index < -0.39 is 0 Å². The first-order valence-corrected chi connectivity index (χ1v) is 9.10. The van der Waals surface area contributed by atoms with Gasteiger partial charge in [0.2, 0.25) is 11.8 Å². The number of hydrogen-bond donors (Lipinski definition) is 1. The van der Waals surface area contributed by atoms with Crippen LogP contribution in [0.3, 0.4) is 0 Å². The largest absolute Gasteiger partial charge is 0.497 e. The fraction of sp³-hybridized carbons (Fsp3) is 0.474. The van der Waals surface area contributed by atoms with Gasteiger partial charge < -0.3 is 24.2 Å². The van der Waals surface area contributed by atoms with Gasteiger partial charge in [-0.25, -0.2) is 0 Å². The minimum atomic E-state index is -0.147. The zero-order valence-electron chi connectivity index (χ0n) is 16.2. The number of methoxy groups -OCH3 is 2. The second kappa shape index (κ2) is 8.73. The highest BCUT2D eigenvalue weighted by atomic mass is 16.5. The van der Waals surface area contributed by atoms with Crippen molar-refractivity contribution in [3.8, 4) is 11.5 Å². The van der Waals surface area contributed by atoms with Crippen molar-refractivity contribution in [3.63, 3.8) is 0 Å². The van der Waals surface area contributed by atoms with Gasteiger partial charge in [-0.15, -0.1) is 0 Å². The molecule has 0 bridgehead atoms. The summed E-state index contributed by atoms with van der Waals surface area (Å²) >= 11 is 0. The van der Waals surface area contributed by atoms with Crippen molar-refractivity contribution in [1.29, 1.82) is 0 Å². The number of carbonyl (C=O) groups is 2. The van der Waals surface area contributed by atoms with Crippen molar-refractivity contribution >= 4 is 11.8 Å².